The maximum absolute atomic E-state index is 8.35. The van der Waals surface area contributed by atoms with Crippen LogP contribution < -0.4 is 5.48 Å². The van der Waals surface area contributed by atoms with Gasteiger partial charge in [-0.2, -0.15) is 5.26 Å². The van der Waals surface area contributed by atoms with Crippen molar-refractivity contribution in [3.05, 3.63) is 0 Å². The quantitative estimate of drug-likeness (QED) is 0.481. The number of hydrogen-bond donors (Lipinski definition) is 1. The summed E-state index contributed by atoms with van der Waals surface area (Å²) in [5, 5.41) is 8.35. The molecule has 1 N–H and O–H groups in total. The third kappa shape index (κ3) is 1.19. The monoisotopic (exact) mass is 112 g/mol. The fourth-order valence-electron chi connectivity index (χ4n) is 0.645. The van der Waals surface area contributed by atoms with Crippen molar-refractivity contribution in [3.8, 4) is 6.07 Å². The summed E-state index contributed by atoms with van der Waals surface area (Å²) in [7, 11) is 0. The molecule has 0 aliphatic carbocycles. The number of nitrogens with zero attached hydrogens (tertiary/aromatic N) is 1. The summed E-state index contributed by atoms with van der Waals surface area (Å²) < 4.78 is 0. The predicted octanol–water partition coefficient (Wildman–Crippen LogP) is 0.0511. The van der Waals surface area contributed by atoms with Crippen molar-refractivity contribution in [2.45, 2.75) is 6.42 Å². The molecule has 1 unspecified atom stereocenters. The molecule has 3 heteroatoms. The number of nitriles is 1. The van der Waals surface area contributed by atoms with Gasteiger partial charge in [-0.3, -0.25) is 0 Å². The van der Waals surface area contributed by atoms with Crippen molar-refractivity contribution in [1.82, 2.24) is 5.48 Å². The first kappa shape index (κ1) is 5.54. The Morgan fingerprint density at radius 2 is 2.62 bits per heavy atom. The Labute approximate surface area is 48.2 Å². The second kappa shape index (κ2) is 2.65. The highest BCUT2D eigenvalue weighted by molar-refractivity contribution is 4.84. The first-order valence-corrected chi connectivity index (χ1v) is 2.68. The molecule has 1 atom stereocenters. The number of nitrogens with one attached hydrogen (secondary N) is 1. The van der Waals surface area contributed by atoms with Gasteiger partial charge in [0.1, 0.15) is 0 Å². The fraction of sp³-hybridized carbons (Fsp3) is 0.800. The molecule has 1 heterocycles. The summed E-state index contributed by atoms with van der Waals surface area (Å²) in [6, 6.07) is 2.16. The largest absolute Gasteiger partial charge is 0.302 e. The molecule has 0 spiro atoms. The standard InChI is InChI=1S/C5H8N2O/c6-3-5-1-2-8-7-4-5/h5,7H,1-2,4H2. The molecule has 0 bridgehead atoms. The van der Waals surface area contributed by atoms with E-state index < -0.39 is 0 Å². The van der Waals surface area contributed by atoms with Crippen molar-refractivity contribution >= 4 is 0 Å². The minimum atomic E-state index is 0.156. The van der Waals surface area contributed by atoms with Gasteiger partial charge in [0, 0.05) is 6.54 Å². The molecule has 1 aliphatic rings. The lowest BCUT2D eigenvalue weighted by molar-refractivity contribution is 0.00000126. The second-order valence-corrected chi connectivity index (χ2v) is 1.81. The van der Waals surface area contributed by atoms with Crippen molar-refractivity contribution < 1.29 is 4.84 Å². The Bertz CT molecular complexity index is 101. The molecule has 1 aliphatic heterocycles. The maximum atomic E-state index is 8.35. The lowest BCUT2D eigenvalue weighted by atomic mass is 10.1. The molecule has 1 rings (SSSR count). The van der Waals surface area contributed by atoms with Gasteiger partial charge in [-0.05, 0) is 6.42 Å². The number of rotatable bonds is 0. The Balaban J connectivity index is 2.25. The van der Waals surface area contributed by atoms with E-state index in [9.17, 15) is 0 Å². The van der Waals surface area contributed by atoms with Crippen LogP contribution in [0.3, 0.4) is 0 Å². The van der Waals surface area contributed by atoms with E-state index in [0.717, 1.165) is 6.42 Å². The third-order valence-corrected chi connectivity index (χ3v) is 1.18. The number of hydroxylamine groups is 1. The van der Waals surface area contributed by atoms with Gasteiger partial charge < -0.3 is 4.84 Å². The van der Waals surface area contributed by atoms with Crippen LogP contribution in [0.2, 0.25) is 0 Å². The van der Waals surface area contributed by atoms with E-state index in [0.29, 0.717) is 13.2 Å². The van der Waals surface area contributed by atoms with Gasteiger partial charge in [0.05, 0.1) is 18.6 Å². The van der Waals surface area contributed by atoms with E-state index in [1.807, 2.05) is 0 Å². The molecule has 0 radical (unpaired) electrons. The highest BCUT2D eigenvalue weighted by Crippen LogP contribution is 2.03. The van der Waals surface area contributed by atoms with E-state index in [2.05, 4.69) is 11.5 Å². The molecule has 1 saturated heterocycles. The zero-order chi connectivity index (χ0) is 5.82. The van der Waals surface area contributed by atoms with Gasteiger partial charge in [0.2, 0.25) is 0 Å². The van der Waals surface area contributed by atoms with E-state index in [1.165, 1.54) is 0 Å². The summed E-state index contributed by atoms with van der Waals surface area (Å²) in [5.74, 6) is 0.156. The topological polar surface area (TPSA) is 45.0 Å². The van der Waals surface area contributed by atoms with E-state index in [-0.39, 0.29) is 5.92 Å². The van der Waals surface area contributed by atoms with Gasteiger partial charge in [-0.1, -0.05) is 0 Å². The van der Waals surface area contributed by atoms with Crippen LogP contribution in [0.25, 0.3) is 0 Å². The first-order chi connectivity index (χ1) is 3.93. The van der Waals surface area contributed by atoms with Crippen molar-refractivity contribution in [2.24, 2.45) is 5.92 Å². The number of hydrogen-bond acceptors (Lipinski definition) is 3. The Kier molecular flexibility index (Phi) is 1.84. The molecule has 0 aromatic carbocycles. The van der Waals surface area contributed by atoms with Crippen molar-refractivity contribution in [3.63, 3.8) is 0 Å². The SMILES string of the molecule is N#CC1CCONC1. The minimum absolute atomic E-state index is 0.156. The summed E-state index contributed by atoms with van der Waals surface area (Å²) in [5.41, 5.74) is 2.66. The molecule has 8 heavy (non-hydrogen) atoms. The van der Waals surface area contributed by atoms with E-state index in [4.69, 9.17) is 10.1 Å². The molecule has 1 fully saturated rings. The normalized spacial score (nSPS) is 29.1. The van der Waals surface area contributed by atoms with Crippen LogP contribution in [0.5, 0.6) is 0 Å². The zero-order valence-electron chi connectivity index (χ0n) is 4.55. The lowest BCUT2D eigenvalue weighted by Gasteiger charge is -2.15. The fourth-order valence-corrected chi connectivity index (χ4v) is 0.645. The van der Waals surface area contributed by atoms with Crippen LogP contribution >= 0.6 is 0 Å². The van der Waals surface area contributed by atoms with Crippen LogP contribution in [0.15, 0.2) is 0 Å². The van der Waals surface area contributed by atoms with Crippen LogP contribution in [0.1, 0.15) is 6.42 Å². The summed E-state index contributed by atoms with van der Waals surface area (Å²) in [6.45, 7) is 1.34. The molecule has 0 aromatic rings. The second-order valence-electron chi connectivity index (χ2n) is 1.81. The summed E-state index contributed by atoms with van der Waals surface area (Å²) in [6.07, 6.45) is 0.865. The smallest absolute Gasteiger partial charge is 0.0695 e. The van der Waals surface area contributed by atoms with Crippen molar-refractivity contribution in [2.75, 3.05) is 13.2 Å². The average molecular weight is 112 g/mol. The maximum Gasteiger partial charge on any atom is 0.0695 e. The highest BCUT2D eigenvalue weighted by Gasteiger charge is 2.10. The minimum Gasteiger partial charge on any atom is -0.302 e. The summed E-state index contributed by atoms with van der Waals surface area (Å²) in [4.78, 5) is 4.80. The molecule has 0 saturated carbocycles. The lowest BCUT2D eigenvalue weighted by Crippen LogP contribution is -2.29. The molecule has 3 nitrogen and oxygen atoms in total. The molecular formula is C5H8N2O. The highest BCUT2D eigenvalue weighted by atomic mass is 16.6. The van der Waals surface area contributed by atoms with Gasteiger partial charge >= 0.3 is 0 Å². The molecular weight excluding hydrogens is 104 g/mol. The van der Waals surface area contributed by atoms with Crippen LogP contribution in [-0.2, 0) is 4.84 Å². The van der Waals surface area contributed by atoms with E-state index in [1.54, 1.807) is 0 Å². The first-order valence-electron chi connectivity index (χ1n) is 2.68. The summed E-state index contributed by atoms with van der Waals surface area (Å²) >= 11 is 0. The molecule has 0 amide bonds. The van der Waals surface area contributed by atoms with E-state index >= 15 is 0 Å². The van der Waals surface area contributed by atoms with Gasteiger partial charge in [0.25, 0.3) is 0 Å². The van der Waals surface area contributed by atoms with Gasteiger partial charge in [0.15, 0.2) is 0 Å². The Hall–Kier alpha value is -0.590. The molecule has 44 valence electrons. The predicted molar refractivity (Wildman–Crippen MR) is 27.7 cm³/mol. The van der Waals surface area contributed by atoms with Crippen LogP contribution in [0.4, 0.5) is 0 Å². The van der Waals surface area contributed by atoms with Gasteiger partial charge in [-0.15, -0.1) is 0 Å². The average Bonchev–Trinajstić information content (AvgIpc) is 1.90. The van der Waals surface area contributed by atoms with Crippen molar-refractivity contribution in [1.29, 1.82) is 5.26 Å². The molecule has 0 aromatic heterocycles. The zero-order valence-corrected chi connectivity index (χ0v) is 4.55. The Morgan fingerprint density at radius 1 is 1.75 bits per heavy atom. The van der Waals surface area contributed by atoms with Crippen LogP contribution in [0, 0.1) is 17.2 Å². The van der Waals surface area contributed by atoms with Crippen LogP contribution in [-0.4, -0.2) is 13.2 Å². The Morgan fingerprint density at radius 3 is 3.00 bits per heavy atom. The van der Waals surface area contributed by atoms with Gasteiger partial charge in [-0.25, -0.2) is 5.48 Å². The third-order valence-electron chi connectivity index (χ3n) is 1.18.